The summed E-state index contributed by atoms with van der Waals surface area (Å²) in [5, 5.41) is 0. The van der Waals surface area contributed by atoms with Crippen molar-refractivity contribution in [3.63, 3.8) is 0 Å². The number of aromatic nitrogens is 1. The molecule has 0 unspecified atom stereocenters. The average Bonchev–Trinajstić information content (AvgIpc) is 2.37. The van der Waals surface area contributed by atoms with E-state index in [0.29, 0.717) is 10.0 Å². The zero-order valence-corrected chi connectivity index (χ0v) is 12.2. The second-order valence-corrected chi connectivity index (χ2v) is 5.16. The lowest BCUT2D eigenvalue weighted by atomic mass is 10.2. The number of hydrogen-bond donors (Lipinski definition) is 1. The predicted octanol–water partition coefficient (Wildman–Crippen LogP) is 2.43. The highest BCUT2D eigenvalue weighted by atomic mass is 79.9. The number of hydrogen-bond acceptors (Lipinski definition) is 2. The molecule has 0 bridgehead atoms. The maximum Gasteiger partial charge on any atom is 0.261 e. The van der Waals surface area contributed by atoms with Gasteiger partial charge in [-0.25, -0.2) is 4.39 Å². The molecule has 98 valence electrons. The molecule has 0 saturated carbocycles. The van der Waals surface area contributed by atoms with Crippen LogP contribution in [0.1, 0.15) is 11.1 Å². The fourth-order valence-corrected chi connectivity index (χ4v) is 2.25. The van der Waals surface area contributed by atoms with Gasteiger partial charge in [-0.2, -0.15) is 0 Å². The number of thiocarbonyl (C=S) groups is 1. The standard InChI is InChI=1S/C13H10BrFN2OS/c14-11-8(3-1-5-10(11)15)7-17-6-2-4-9(12(16)19)13(17)18/h1-6H,7H2,(H2,16,19). The topological polar surface area (TPSA) is 48.0 Å². The molecule has 0 radical (unpaired) electrons. The molecule has 0 saturated heterocycles. The van der Waals surface area contributed by atoms with Crippen molar-refractivity contribution in [3.8, 4) is 0 Å². The molecule has 2 rings (SSSR count). The maximum atomic E-state index is 13.4. The van der Waals surface area contributed by atoms with Crippen molar-refractivity contribution in [2.75, 3.05) is 0 Å². The molecule has 0 aliphatic carbocycles. The highest BCUT2D eigenvalue weighted by Gasteiger charge is 2.09. The second-order valence-electron chi connectivity index (χ2n) is 3.93. The van der Waals surface area contributed by atoms with Gasteiger partial charge in [0.2, 0.25) is 0 Å². The van der Waals surface area contributed by atoms with Crippen molar-refractivity contribution in [2.45, 2.75) is 6.54 Å². The van der Waals surface area contributed by atoms with Crippen molar-refractivity contribution in [1.29, 1.82) is 0 Å². The van der Waals surface area contributed by atoms with Crippen molar-refractivity contribution >= 4 is 33.1 Å². The minimum atomic E-state index is -0.365. The molecule has 0 spiro atoms. The zero-order chi connectivity index (χ0) is 14.0. The third-order valence-electron chi connectivity index (χ3n) is 2.66. The molecular formula is C13H10BrFN2OS. The molecule has 2 N–H and O–H groups in total. The van der Waals surface area contributed by atoms with E-state index in [0.717, 1.165) is 0 Å². The fraction of sp³-hybridized carbons (Fsp3) is 0.0769. The van der Waals surface area contributed by atoms with Crippen molar-refractivity contribution in [3.05, 3.63) is 68.3 Å². The van der Waals surface area contributed by atoms with Crippen LogP contribution in [0.2, 0.25) is 0 Å². The van der Waals surface area contributed by atoms with E-state index >= 15 is 0 Å². The van der Waals surface area contributed by atoms with Crippen LogP contribution in [-0.4, -0.2) is 9.56 Å². The van der Waals surface area contributed by atoms with Crippen molar-refractivity contribution < 1.29 is 4.39 Å². The number of rotatable bonds is 3. The van der Waals surface area contributed by atoms with E-state index in [4.69, 9.17) is 18.0 Å². The maximum absolute atomic E-state index is 13.4. The smallest absolute Gasteiger partial charge is 0.261 e. The number of benzene rings is 1. The number of pyridine rings is 1. The summed E-state index contributed by atoms with van der Waals surface area (Å²) in [6.45, 7) is 0.244. The van der Waals surface area contributed by atoms with E-state index in [2.05, 4.69) is 15.9 Å². The van der Waals surface area contributed by atoms with E-state index < -0.39 is 0 Å². The Morgan fingerprint density at radius 2 is 2.11 bits per heavy atom. The van der Waals surface area contributed by atoms with Crippen molar-refractivity contribution in [1.82, 2.24) is 4.57 Å². The Balaban J connectivity index is 2.45. The van der Waals surface area contributed by atoms with Crippen molar-refractivity contribution in [2.24, 2.45) is 5.73 Å². The second kappa shape index (κ2) is 5.63. The van der Waals surface area contributed by atoms with Crippen LogP contribution in [0.4, 0.5) is 4.39 Å². The molecule has 0 aliphatic heterocycles. The highest BCUT2D eigenvalue weighted by molar-refractivity contribution is 9.10. The molecule has 1 heterocycles. The van der Waals surface area contributed by atoms with Gasteiger partial charge < -0.3 is 10.3 Å². The number of nitrogens with two attached hydrogens (primary N) is 1. The van der Waals surface area contributed by atoms with Gasteiger partial charge in [-0.1, -0.05) is 24.4 Å². The highest BCUT2D eigenvalue weighted by Crippen LogP contribution is 2.20. The summed E-state index contributed by atoms with van der Waals surface area (Å²) in [5.41, 5.74) is 6.14. The summed E-state index contributed by atoms with van der Waals surface area (Å²) in [4.78, 5) is 12.2. The minimum absolute atomic E-state index is 0.0534. The monoisotopic (exact) mass is 340 g/mol. The Morgan fingerprint density at radius 1 is 1.37 bits per heavy atom. The first kappa shape index (κ1) is 13.9. The molecule has 1 aromatic carbocycles. The fourth-order valence-electron chi connectivity index (χ4n) is 1.70. The quantitative estimate of drug-likeness (QED) is 0.873. The Kier molecular flexibility index (Phi) is 4.11. The zero-order valence-electron chi connectivity index (χ0n) is 9.77. The molecule has 0 amide bonds. The summed E-state index contributed by atoms with van der Waals surface area (Å²) < 4.78 is 15.2. The molecule has 6 heteroatoms. The van der Waals surface area contributed by atoms with Gasteiger partial charge in [0.15, 0.2) is 0 Å². The predicted molar refractivity (Wildman–Crippen MR) is 79.8 cm³/mol. The van der Waals surface area contributed by atoms with Crippen LogP contribution in [0.5, 0.6) is 0 Å². The summed E-state index contributed by atoms with van der Waals surface area (Å²) in [6, 6.07) is 7.94. The molecule has 19 heavy (non-hydrogen) atoms. The molecule has 0 atom stereocenters. The van der Waals surface area contributed by atoms with E-state index in [1.165, 1.54) is 10.6 Å². The van der Waals surface area contributed by atoms with Gasteiger partial charge in [0.05, 0.1) is 16.6 Å². The third-order valence-corrected chi connectivity index (χ3v) is 3.77. The SMILES string of the molecule is NC(=S)c1cccn(Cc2cccc(F)c2Br)c1=O. The Labute approximate surface area is 123 Å². The first-order chi connectivity index (χ1) is 9.00. The summed E-state index contributed by atoms with van der Waals surface area (Å²) in [6.07, 6.45) is 1.61. The Bertz CT molecular complexity index is 699. The number of nitrogens with zero attached hydrogens (tertiary/aromatic N) is 1. The normalized spacial score (nSPS) is 10.4. The van der Waals surface area contributed by atoms with Gasteiger partial charge in [-0.15, -0.1) is 0 Å². The molecule has 2 aromatic rings. The molecular weight excluding hydrogens is 331 g/mol. The summed E-state index contributed by atoms with van der Waals surface area (Å²) >= 11 is 7.98. The van der Waals surface area contributed by atoms with Crippen LogP contribution in [0.3, 0.4) is 0 Å². The van der Waals surface area contributed by atoms with E-state index in [-0.39, 0.29) is 28.5 Å². The van der Waals surface area contributed by atoms with Gasteiger partial charge in [0.1, 0.15) is 10.8 Å². The van der Waals surface area contributed by atoms with Crippen LogP contribution in [0.15, 0.2) is 45.8 Å². The largest absolute Gasteiger partial charge is 0.389 e. The molecule has 3 nitrogen and oxygen atoms in total. The van der Waals surface area contributed by atoms with Crippen LogP contribution in [0, 0.1) is 5.82 Å². The minimum Gasteiger partial charge on any atom is -0.389 e. The summed E-state index contributed by atoms with van der Waals surface area (Å²) in [5.74, 6) is -0.365. The van der Waals surface area contributed by atoms with Gasteiger partial charge in [0, 0.05) is 6.20 Å². The van der Waals surface area contributed by atoms with E-state index in [1.807, 2.05) is 0 Å². The Morgan fingerprint density at radius 3 is 2.79 bits per heavy atom. The van der Waals surface area contributed by atoms with Crippen LogP contribution in [0.25, 0.3) is 0 Å². The molecule has 1 aromatic heterocycles. The molecule has 0 fully saturated rings. The van der Waals surface area contributed by atoms with Crippen LogP contribution >= 0.6 is 28.1 Å². The lowest BCUT2D eigenvalue weighted by Crippen LogP contribution is -2.28. The third kappa shape index (κ3) is 2.90. The lowest BCUT2D eigenvalue weighted by molar-refractivity contribution is 0.615. The van der Waals surface area contributed by atoms with Gasteiger partial charge in [-0.05, 0) is 39.7 Å². The lowest BCUT2D eigenvalue weighted by Gasteiger charge is -2.09. The van der Waals surface area contributed by atoms with Gasteiger partial charge >= 0.3 is 0 Å². The van der Waals surface area contributed by atoms with Crippen LogP contribution < -0.4 is 11.3 Å². The van der Waals surface area contributed by atoms with Crippen LogP contribution in [-0.2, 0) is 6.54 Å². The Hall–Kier alpha value is -1.53. The molecule has 0 aliphatic rings. The number of halogens is 2. The van der Waals surface area contributed by atoms with E-state index in [9.17, 15) is 9.18 Å². The first-order valence-corrected chi connectivity index (χ1v) is 6.63. The van der Waals surface area contributed by atoms with Gasteiger partial charge in [-0.3, -0.25) is 4.79 Å². The first-order valence-electron chi connectivity index (χ1n) is 5.43. The summed E-state index contributed by atoms with van der Waals surface area (Å²) in [7, 11) is 0. The van der Waals surface area contributed by atoms with Gasteiger partial charge in [0.25, 0.3) is 5.56 Å². The average molecular weight is 341 g/mol. The van der Waals surface area contributed by atoms with E-state index in [1.54, 1.807) is 30.5 Å².